The number of hydrogen-bond donors (Lipinski definition) is 0. The molecule has 0 amide bonds. The molecule has 64 valence electrons. The predicted octanol–water partition coefficient (Wildman–Crippen LogP) is 3.32. The highest BCUT2D eigenvalue weighted by atomic mass is 14.2. The van der Waals surface area contributed by atoms with Gasteiger partial charge in [0.15, 0.2) is 0 Å². The summed E-state index contributed by atoms with van der Waals surface area (Å²) >= 11 is 0. The Hall–Kier alpha value is -1.30. The Balaban J connectivity index is 2.07. The average Bonchev–Trinajstić information content (AvgIpc) is 2.61. The smallest absolute Gasteiger partial charge is 0.0207 e. The molecule has 0 aliphatic heterocycles. The van der Waals surface area contributed by atoms with Crippen LogP contribution >= 0.6 is 0 Å². The largest absolute Gasteiger partial charge is 0.0838 e. The van der Waals surface area contributed by atoms with Gasteiger partial charge in [-0.15, -0.1) is 0 Å². The second-order valence-electron chi connectivity index (χ2n) is 3.82. The Kier molecular flexibility index (Phi) is 1.42. The van der Waals surface area contributed by atoms with Gasteiger partial charge >= 0.3 is 0 Å². The molecule has 0 heterocycles. The number of rotatable bonds is 0. The first-order valence-electron chi connectivity index (χ1n) is 4.88. The average molecular weight is 168 g/mol. The van der Waals surface area contributed by atoms with Crippen LogP contribution in [0.25, 0.3) is 0 Å². The quantitative estimate of drug-likeness (QED) is 0.487. The minimum Gasteiger partial charge on any atom is -0.0838 e. The van der Waals surface area contributed by atoms with Gasteiger partial charge in [-0.3, -0.25) is 0 Å². The maximum atomic E-state index is 2.41. The van der Waals surface area contributed by atoms with Crippen molar-refractivity contribution in [3.63, 3.8) is 0 Å². The molecule has 0 bridgehead atoms. The molecule has 0 heteroatoms. The highest BCUT2D eigenvalue weighted by Gasteiger charge is 2.19. The lowest BCUT2D eigenvalue weighted by atomic mass is 9.83. The normalized spacial score (nSPS) is 28.9. The van der Waals surface area contributed by atoms with Crippen molar-refractivity contribution in [1.29, 1.82) is 0 Å². The van der Waals surface area contributed by atoms with Gasteiger partial charge in [-0.2, -0.15) is 0 Å². The third-order valence-corrected chi connectivity index (χ3v) is 2.97. The Bertz CT molecular complexity index is 386. The van der Waals surface area contributed by atoms with E-state index in [2.05, 4.69) is 42.5 Å². The molecule has 1 atom stereocenters. The summed E-state index contributed by atoms with van der Waals surface area (Å²) < 4.78 is 0. The first-order valence-corrected chi connectivity index (χ1v) is 4.88. The molecule has 3 rings (SSSR count). The third kappa shape index (κ3) is 1.06. The van der Waals surface area contributed by atoms with Crippen LogP contribution in [0.5, 0.6) is 0 Å². The summed E-state index contributed by atoms with van der Waals surface area (Å²) in [6.45, 7) is 0. The zero-order chi connectivity index (χ0) is 8.67. The van der Waals surface area contributed by atoms with Crippen molar-refractivity contribution >= 4 is 0 Å². The molecule has 0 saturated carbocycles. The van der Waals surface area contributed by atoms with Gasteiger partial charge in [-0.05, 0) is 29.6 Å². The van der Waals surface area contributed by atoms with Gasteiger partial charge in [0.05, 0.1) is 0 Å². The summed E-state index contributed by atoms with van der Waals surface area (Å²) in [4.78, 5) is 0. The molecule has 0 aromatic carbocycles. The van der Waals surface area contributed by atoms with Crippen molar-refractivity contribution in [3.05, 3.63) is 59.3 Å². The van der Waals surface area contributed by atoms with Crippen LogP contribution in [0.4, 0.5) is 0 Å². The maximum absolute atomic E-state index is 2.41. The second kappa shape index (κ2) is 2.59. The van der Waals surface area contributed by atoms with E-state index in [0.717, 1.165) is 12.8 Å². The predicted molar refractivity (Wildman–Crippen MR) is 55.3 cm³/mol. The number of fused-ring (bicyclic) bond motifs is 2. The molecule has 0 N–H and O–H groups in total. The Morgan fingerprint density at radius 1 is 1.08 bits per heavy atom. The fraction of sp³-hybridized carbons (Fsp3) is 0.231. The minimum absolute atomic E-state index is 0.574. The van der Waals surface area contributed by atoms with Gasteiger partial charge in [0, 0.05) is 5.92 Å². The SMILES string of the molecule is C1=CC2C=C3CC=CCC3=CC2=C1. The molecule has 3 aliphatic rings. The Morgan fingerprint density at radius 3 is 2.85 bits per heavy atom. The van der Waals surface area contributed by atoms with E-state index in [0.29, 0.717) is 5.92 Å². The molecule has 3 aliphatic carbocycles. The van der Waals surface area contributed by atoms with Crippen LogP contribution in [0.2, 0.25) is 0 Å². The molecule has 0 aromatic heterocycles. The van der Waals surface area contributed by atoms with Gasteiger partial charge in [-0.25, -0.2) is 0 Å². The summed E-state index contributed by atoms with van der Waals surface area (Å²) in [7, 11) is 0. The van der Waals surface area contributed by atoms with Crippen LogP contribution in [-0.4, -0.2) is 0 Å². The van der Waals surface area contributed by atoms with Gasteiger partial charge in [0.25, 0.3) is 0 Å². The van der Waals surface area contributed by atoms with Gasteiger partial charge in [-0.1, -0.05) is 42.5 Å². The van der Waals surface area contributed by atoms with Crippen molar-refractivity contribution in [3.8, 4) is 0 Å². The molecule has 0 nitrogen and oxygen atoms in total. The first kappa shape index (κ1) is 7.14. The molecule has 0 radical (unpaired) electrons. The van der Waals surface area contributed by atoms with Crippen LogP contribution in [-0.2, 0) is 0 Å². The second-order valence-corrected chi connectivity index (χ2v) is 3.82. The molecule has 0 saturated heterocycles. The minimum atomic E-state index is 0.574. The zero-order valence-corrected chi connectivity index (χ0v) is 7.53. The van der Waals surface area contributed by atoms with E-state index in [1.165, 1.54) is 16.7 Å². The summed E-state index contributed by atoms with van der Waals surface area (Å²) in [5, 5.41) is 0. The van der Waals surface area contributed by atoms with Crippen molar-refractivity contribution in [2.45, 2.75) is 12.8 Å². The van der Waals surface area contributed by atoms with E-state index in [-0.39, 0.29) is 0 Å². The van der Waals surface area contributed by atoms with Gasteiger partial charge in [0.2, 0.25) is 0 Å². The molecular weight excluding hydrogens is 156 g/mol. The first-order chi connectivity index (χ1) is 6.43. The Morgan fingerprint density at radius 2 is 1.92 bits per heavy atom. The lowest BCUT2D eigenvalue weighted by molar-refractivity contribution is 0.936. The molecule has 13 heavy (non-hydrogen) atoms. The summed E-state index contributed by atoms with van der Waals surface area (Å²) in [6, 6.07) is 0. The third-order valence-electron chi connectivity index (χ3n) is 2.97. The van der Waals surface area contributed by atoms with Crippen LogP contribution < -0.4 is 0 Å². The van der Waals surface area contributed by atoms with E-state index in [4.69, 9.17) is 0 Å². The highest BCUT2D eigenvalue weighted by Crippen LogP contribution is 2.36. The van der Waals surface area contributed by atoms with Crippen molar-refractivity contribution in [1.82, 2.24) is 0 Å². The monoisotopic (exact) mass is 168 g/mol. The van der Waals surface area contributed by atoms with E-state index >= 15 is 0 Å². The standard InChI is InChI=1S/C13H12/c1-2-5-11-9-13-7-3-6-12(13)8-10(11)4-1/h1-3,6-9,12H,4-5H2. The lowest BCUT2D eigenvalue weighted by Crippen LogP contribution is -2.05. The van der Waals surface area contributed by atoms with Crippen molar-refractivity contribution < 1.29 is 0 Å². The van der Waals surface area contributed by atoms with E-state index < -0.39 is 0 Å². The molecular formula is C13H12. The summed E-state index contributed by atoms with van der Waals surface area (Å²) in [5.41, 5.74) is 4.53. The molecule has 0 fully saturated rings. The maximum Gasteiger partial charge on any atom is 0.0207 e. The van der Waals surface area contributed by atoms with Crippen LogP contribution in [0.15, 0.2) is 59.3 Å². The van der Waals surface area contributed by atoms with Crippen molar-refractivity contribution in [2.75, 3.05) is 0 Å². The number of hydrogen-bond acceptors (Lipinski definition) is 0. The van der Waals surface area contributed by atoms with E-state index in [9.17, 15) is 0 Å². The van der Waals surface area contributed by atoms with Gasteiger partial charge in [0.1, 0.15) is 0 Å². The Labute approximate surface area is 78.7 Å². The zero-order valence-electron chi connectivity index (χ0n) is 7.53. The highest BCUT2D eigenvalue weighted by molar-refractivity contribution is 5.52. The van der Waals surface area contributed by atoms with E-state index in [1.807, 2.05) is 0 Å². The lowest BCUT2D eigenvalue weighted by Gasteiger charge is -2.21. The molecule has 0 spiro atoms. The number of allylic oxidation sites excluding steroid dienone is 10. The fourth-order valence-electron chi connectivity index (χ4n) is 2.23. The van der Waals surface area contributed by atoms with Crippen LogP contribution in [0, 0.1) is 5.92 Å². The van der Waals surface area contributed by atoms with Crippen LogP contribution in [0.3, 0.4) is 0 Å². The summed E-state index contributed by atoms with van der Waals surface area (Å²) in [6.07, 6.45) is 18.2. The molecule has 1 unspecified atom stereocenters. The van der Waals surface area contributed by atoms with Crippen LogP contribution in [0.1, 0.15) is 12.8 Å². The fourth-order valence-corrected chi connectivity index (χ4v) is 2.23. The topological polar surface area (TPSA) is 0 Å². The van der Waals surface area contributed by atoms with E-state index in [1.54, 1.807) is 0 Å². The van der Waals surface area contributed by atoms with Gasteiger partial charge < -0.3 is 0 Å². The molecule has 0 aromatic rings. The summed E-state index contributed by atoms with van der Waals surface area (Å²) in [5.74, 6) is 0.574. The van der Waals surface area contributed by atoms with Crippen molar-refractivity contribution in [2.24, 2.45) is 5.92 Å².